The summed E-state index contributed by atoms with van der Waals surface area (Å²) in [6.45, 7) is 4.47. The van der Waals surface area contributed by atoms with Crippen LogP contribution in [0.1, 0.15) is 12.8 Å². The number of para-hydroxylation sites is 1. The van der Waals surface area contributed by atoms with Crippen LogP contribution in [0.5, 0.6) is 5.75 Å². The minimum Gasteiger partial charge on any atom is -0.495 e. The number of nitrogens with one attached hydrogen (secondary N) is 1. The molecule has 2 rings (SSSR count). The predicted molar refractivity (Wildman–Crippen MR) is 71.6 cm³/mol. The molecule has 1 saturated heterocycles. The Morgan fingerprint density at radius 1 is 1.35 bits per heavy atom. The average Bonchev–Trinajstić information content (AvgIpc) is 2.84. The van der Waals surface area contributed by atoms with E-state index in [4.69, 9.17) is 10.5 Å². The van der Waals surface area contributed by atoms with Crippen LogP contribution in [0, 0.1) is 0 Å². The maximum atomic E-state index is 5.99. The van der Waals surface area contributed by atoms with Crippen molar-refractivity contribution in [3.05, 3.63) is 18.2 Å². The van der Waals surface area contributed by atoms with E-state index in [0.717, 1.165) is 24.5 Å². The summed E-state index contributed by atoms with van der Waals surface area (Å²) in [5.74, 6) is 0.733. The van der Waals surface area contributed by atoms with Crippen LogP contribution in [0.4, 0.5) is 11.4 Å². The summed E-state index contributed by atoms with van der Waals surface area (Å²) in [6.07, 6.45) is 2.67. The molecule has 1 fully saturated rings. The van der Waals surface area contributed by atoms with Crippen LogP contribution in [0.2, 0.25) is 0 Å². The van der Waals surface area contributed by atoms with Crippen LogP contribution >= 0.6 is 0 Å². The molecule has 1 aliphatic heterocycles. The molecule has 1 aromatic carbocycles. The summed E-state index contributed by atoms with van der Waals surface area (Å²) in [7, 11) is 1.64. The van der Waals surface area contributed by atoms with Crippen molar-refractivity contribution in [2.75, 3.05) is 44.3 Å². The van der Waals surface area contributed by atoms with Gasteiger partial charge in [-0.1, -0.05) is 6.07 Å². The Morgan fingerprint density at radius 2 is 2.12 bits per heavy atom. The first kappa shape index (κ1) is 12.0. The summed E-state index contributed by atoms with van der Waals surface area (Å²) in [6, 6.07) is 5.82. The molecule has 4 nitrogen and oxygen atoms in total. The van der Waals surface area contributed by atoms with Gasteiger partial charge in [0.1, 0.15) is 5.75 Å². The highest BCUT2D eigenvalue weighted by Gasteiger charge is 2.11. The number of hydrogen-bond donors (Lipinski definition) is 2. The minimum absolute atomic E-state index is 0.691. The first-order valence-corrected chi connectivity index (χ1v) is 6.20. The third-order valence-corrected chi connectivity index (χ3v) is 3.23. The summed E-state index contributed by atoms with van der Waals surface area (Å²) >= 11 is 0. The smallest absolute Gasteiger partial charge is 0.143 e. The van der Waals surface area contributed by atoms with Crippen molar-refractivity contribution in [1.82, 2.24) is 4.90 Å². The second-order valence-electron chi connectivity index (χ2n) is 4.40. The lowest BCUT2D eigenvalue weighted by Gasteiger charge is -2.16. The molecule has 3 N–H and O–H groups in total. The topological polar surface area (TPSA) is 50.5 Å². The van der Waals surface area contributed by atoms with Crippen LogP contribution in [0.15, 0.2) is 18.2 Å². The van der Waals surface area contributed by atoms with Crippen LogP contribution in [0.25, 0.3) is 0 Å². The number of nitrogens with two attached hydrogens (primary N) is 1. The van der Waals surface area contributed by atoms with E-state index in [1.807, 2.05) is 18.2 Å². The van der Waals surface area contributed by atoms with Gasteiger partial charge in [-0.25, -0.2) is 0 Å². The quantitative estimate of drug-likeness (QED) is 0.764. The predicted octanol–water partition coefficient (Wildman–Crippen LogP) is 1.79. The fourth-order valence-electron chi connectivity index (χ4n) is 2.23. The molecule has 17 heavy (non-hydrogen) atoms. The van der Waals surface area contributed by atoms with Gasteiger partial charge >= 0.3 is 0 Å². The number of methoxy groups -OCH3 is 1. The van der Waals surface area contributed by atoms with E-state index < -0.39 is 0 Å². The SMILES string of the molecule is COc1cccc(NCCN2CCCC2)c1N. The number of ether oxygens (including phenoxy) is 1. The maximum Gasteiger partial charge on any atom is 0.143 e. The van der Waals surface area contributed by atoms with Gasteiger partial charge in [-0.2, -0.15) is 0 Å². The monoisotopic (exact) mass is 235 g/mol. The fourth-order valence-corrected chi connectivity index (χ4v) is 2.23. The van der Waals surface area contributed by atoms with Gasteiger partial charge in [0, 0.05) is 13.1 Å². The normalized spacial score (nSPS) is 16.1. The van der Waals surface area contributed by atoms with E-state index in [1.165, 1.54) is 25.9 Å². The number of benzene rings is 1. The summed E-state index contributed by atoms with van der Waals surface area (Å²) in [5, 5.41) is 3.37. The van der Waals surface area contributed by atoms with Gasteiger partial charge in [-0.15, -0.1) is 0 Å². The first-order chi connectivity index (χ1) is 8.31. The Morgan fingerprint density at radius 3 is 2.82 bits per heavy atom. The largest absolute Gasteiger partial charge is 0.495 e. The number of nitrogens with zero attached hydrogens (tertiary/aromatic N) is 1. The summed E-state index contributed by atoms with van der Waals surface area (Å²) < 4.78 is 5.19. The Bertz CT molecular complexity index is 362. The van der Waals surface area contributed by atoms with Crippen molar-refractivity contribution in [2.45, 2.75) is 12.8 Å². The van der Waals surface area contributed by atoms with Crippen molar-refractivity contribution >= 4 is 11.4 Å². The highest BCUT2D eigenvalue weighted by Crippen LogP contribution is 2.28. The van der Waals surface area contributed by atoms with Gasteiger partial charge in [0.2, 0.25) is 0 Å². The highest BCUT2D eigenvalue weighted by molar-refractivity contribution is 5.72. The van der Waals surface area contributed by atoms with E-state index in [0.29, 0.717) is 5.69 Å². The van der Waals surface area contributed by atoms with Gasteiger partial charge in [0.05, 0.1) is 18.5 Å². The van der Waals surface area contributed by atoms with Gasteiger partial charge in [0.15, 0.2) is 0 Å². The van der Waals surface area contributed by atoms with Crippen molar-refractivity contribution in [3.8, 4) is 5.75 Å². The molecule has 94 valence electrons. The van der Waals surface area contributed by atoms with Crippen molar-refractivity contribution < 1.29 is 4.74 Å². The number of anilines is 2. The number of hydrogen-bond acceptors (Lipinski definition) is 4. The van der Waals surface area contributed by atoms with E-state index >= 15 is 0 Å². The summed E-state index contributed by atoms with van der Waals surface area (Å²) in [4.78, 5) is 2.48. The first-order valence-electron chi connectivity index (χ1n) is 6.20. The Kier molecular flexibility index (Phi) is 4.09. The minimum atomic E-state index is 0.691. The average molecular weight is 235 g/mol. The van der Waals surface area contributed by atoms with Crippen LogP contribution in [-0.4, -0.2) is 38.2 Å². The number of rotatable bonds is 5. The molecular weight excluding hydrogens is 214 g/mol. The van der Waals surface area contributed by atoms with E-state index in [1.54, 1.807) is 7.11 Å². The van der Waals surface area contributed by atoms with Gasteiger partial charge in [-0.05, 0) is 38.1 Å². The second-order valence-corrected chi connectivity index (χ2v) is 4.40. The van der Waals surface area contributed by atoms with E-state index in [9.17, 15) is 0 Å². The standard InChI is InChI=1S/C13H21N3O/c1-17-12-6-4-5-11(13(12)14)15-7-10-16-8-2-3-9-16/h4-6,15H,2-3,7-10,14H2,1H3. The zero-order chi connectivity index (χ0) is 12.1. The number of nitrogen functional groups attached to an aromatic ring is 1. The molecule has 1 aromatic rings. The maximum absolute atomic E-state index is 5.99. The van der Waals surface area contributed by atoms with E-state index in [-0.39, 0.29) is 0 Å². The molecule has 0 aliphatic carbocycles. The zero-order valence-electron chi connectivity index (χ0n) is 10.4. The molecule has 0 unspecified atom stereocenters. The molecule has 0 spiro atoms. The van der Waals surface area contributed by atoms with Crippen LogP contribution < -0.4 is 15.8 Å². The molecule has 0 radical (unpaired) electrons. The molecule has 0 saturated carbocycles. The molecule has 4 heteroatoms. The molecular formula is C13H21N3O. The van der Waals surface area contributed by atoms with Crippen LogP contribution in [0.3, 0.4) is 0 Å². The molecule has 1 heterocycles. The highest BCUT2D eigenvalue weighted by atomic mass is 16.5. The Labute approximate surface area is 103 Å². The lowest BCUT2D eigenvalue weighted by atomic mass is 10.2. The zero-order valence-corrected chi connectivity index (χ0v) is 10.4. The van der Waals surface area contributed by atoms with Gasteiger partial charge in [-0.3, -0.25) is 0 Å². The Hall–Kier alpha value is -1.42. The van der Waals surface area contributed by atoms with Gasteiger partial charge < -0.3 is 20.7 Å². The third kappa shape index (κ3) is 3.03. The lowest BCUT2D eigenvalue weighted by molar-refractivity contribution is 0.352. The van der Waals surface area contributed by atoms with Crippen molar-refractivity contribution in [1.29, 1.82) is 0 Å². The summed E-state index contributed by atoms with van der Waals surface area (Å²) in [5.41, 5.74) is 7.64. The molecule has 0 atom stereocenters. The second kappa shape index (κ2) is 5.77. The lowest BCUT2D eigenvalue weighted by Crippen LogP contribution is -2.26. The fraction of sp³-hybridized carbons (Fsp3) is 0.538. The van der Waals surface area contributed by atoms with Gasteiger partial charge in [0.25, 0.3) is 0 Å². The van der Waals surface area contributed by atoms with Crippen LogP contribution in [-0.2, 0) is 0 Å². The molecule has 0 amide bonds. The molecule has 1 aliphatic rings. The van der Waals surface area contributed by atoms with Crippen molar-refractivity contribution in [2.24, 2.45) is 0 Å². The number of likely N-dealkylation sites (tertiary alicyclic amines) is 1. The Balaban J connectivity index is 1.85. The third-order valence-electron chi connectivity index (χ3n) is 3.23. The van der Waals surface area contributed by atoms with E-state index in [2.05, 4.69) is 10.2 Å². The molecule has 0 aromatic heterocycles. The van der Waals surface area contributed by atoms with Crippen molar-refractivity contribution in [3.63, 3.8) is 0 Å². The molecule has 0 bridgehead atoms.